The molecule has 0 atom stereocenters. The van der Waals surface area contributed by atoms with Gasteiger partial charge in [0.25, 0.3) is 5.91 Å². The number of alkyl halides is 1. The Balaban J connectivity index is 1.33. The molecule has 0 aromatic carbocycles. The van der Waals surface area contributed by atoms with Gasteiger partial charge >= 0.3 is 0 Å². The number of nitrogens with zero attached hydrogens (tertiary/aromatic N) is 3. The van der Waals surface area contributed by atoms with Crippen LogP contribution in [0.1, 0.15) is 23.3 Å². The van der Waals surface area contributed by atoms with Gasteiger partial charge in [0.2, 0.25) is 11.8 Å². The summed E-state index contributed by atoms with van der Waals surface area (Å²) in [5.41, 5.74) is 0.00149. The lowest BCUT2D eigenvalue weighted by Crippen LogP contribution is -2.54. The van der Waals surface area contributed by atoms with Crippen molar-refractivity contribution in [3.63, 3.8) is 0 Å². The van der Waals surface area contributed by atoms with Gasteiger partial charge in [-0.1, -0.05) is 11.6 Å². The van der Waals surface area contributed by atoms with Crippen molar-refractivity contribution < 1.29 is 23.5 Å². The maximum atomic E-state index is 14.0. The van der Waals surface area contributed by atoms with Crippen molar-refractivity contribution in [2.45, 2.75) is 18.5 Å². The highest BCUT2D eigenvalue weighted by atomic mass is 35.5. The van der Waals surface area contributed by atoms with Crippen LogP contribution in [0, 0.1) is 5.92 Å². The monoisotopic (exact) mass is 451 g/mol. The Hall–Kier alpha value is -2.72. The molecule has 2 saturated heterocycles. The zero-order chi connectivity index (χ0) is 22.0. The first-order valence-corrected chi connectivity index (χ1v) is 10.4. The minimum absolute atomic E-state index is 0.0172. The number of pyridine rings is 1. The molecule has 31 heavy (non-hydrogen) atoms. The molecule has 4 heterocycles. The number of halogens is 2. The molecule has 2 aromatic rings. The van der Waals surface area contributed by atoms with Gasteiger partial charge in [-0.3, -0.25) is 14.7 Å². The van der Waals surface area contributed by atoms with Crippen molar-refractivity contribution in [1.29, 1.82) is 0 Å². The van der Waals surface area contributed by atoms with E-state index in [1.165, 1.54) is 13.3 Å². The van der Waals surface area contributed by atoms with E-state index in [4.69, 9.17) is 21.1 Å². The molecule has 0 unspecified atom stereocenters. The minimum Gasteiger partial charge on any atom is -0.481 e. The molecule has 2 aromatic heterocycles. The van der Waals surface area contributed by atoms with E-state index in [1.807, 2.05) is 0 Å². The summed E-state index contributed by atoms with van der Waals surface area (Å²) < 4.78 is 23.9. The number of rotatable bonds is 6. The first kappa shape index (κ1) is 21.5. The number of carbonyl (C=O) groups excluding carboxylic acids is 2. The van der Waals surface area contributed by atoms with Crippen molar-refractivity contribution in [2.75, 3.05) is 40.0 Å². The first-order valence-electron chi connectivity index (χ1n) is 9.97. The van der Waals surface area contributed by atoms with Crippen LogP contribution in [0.4, 0.5) is 4.39 Å². The summed E-state index contributed by atoms with van der Waals surface area (Å²) in [6.45, 7) is 0.843. The van der Waals surface area contributed by atoms with Crippen LogP contribution in [0.3, 0.4) is 0 Å². The van der Waals surface area contributed by atoms with E-state index in [9.17, 15) is 14.0 Å². The number of hydrogen-bond donors (Lipinski definition) is 2. The summed E-state index contributed by atoms with van der Waals surface area (Å²) in [4.78, 5) is 30.8. The minimum atomic E-state index is -1.45. The molecule has 2 N–H and O–H groups in total. The van der Waals surface area contributed by atoms with Gasteiger partial charge in [0.15, 0.2) is 11.4 Å². The standard InChI is InChI=1S/C20H23ClFN5O4/c1-30-17-6-13(14(21)8-23-17)15-7-16(26-25-15)19(29)27-4-2-12(3-5-27)18(28)24-9-20(22)10-31-11-20/h6-8,12H,2-5,9-11H2,1H3,(H,24,28)(H,25,26). The van der Waals surface area contributed by atoms with Crippen LogP contribution in [-0.4, -0.2) is 77.5 Å². The quantitative estimate of drug-likeness (QED) is 0.693. The van der Waals surface area contributed by atoms with Crippen molar-refractivity contribution in [3.8, 4) is 17.1 Å². The van der Waals surface area contributed by atoms with Crippen LogP contribution in [-0.2, 0) is 9.53 Å². The van der Waals surface area contributed by atoms with E-state index < -0.39 is 5.67 Å². The van der Waals surface area contributed by atoms with Crippen molar-refractivity contribution in [2.24, 2.45) is 5.92 Å². The number of aromatic amines is 1. The van der Waals surface area contributed by atoms with E-state index in [0.717, 1.165) is 0 Å². The number of aromatic nitrogens is 3. The highest BCUT2D eigenvalue weighted by Gasteiger charge is 2.39. The first-order chi connectivity index (χ1) is 14.9. The predicted octanol–water partition coefficient (Wildman–Crippen LogP) is 1.84. The Bertz CT molecular complexity index is 972. The molecule has 166 valence electrons. The molecule has 2 aliphatic rings. The van der Waals surface area contributed by atoms with Crippen molar-refractivity contribution in [1.82, 2.24) is 25.4 Å². The van der Waals surface area contributed by atoms with Gasteiger partial charge in [-0.2, -0.15) is 5.10 Å². The zero-order valence-corrected chi connectivity index (χ0v) is 17.7. The van der Waals surface area contributed by atoms with Gasteiger partial charge in [0.1, 0.15) is 0 Å². The summed E-state index contributed by atoms with van der Waals surface area (Å²) in [7, 11) is 1.50. The number of H-pyrrole nitrogens is 1. The number of nitrogens with one attached hydrogen (secondary N) is 2. The van der Waals surface area contributed by atoms with E-state index in [1.54, 1.807) is 17.0 Å². The second-order valence-electron chi connectivity index (χ2n) is 7.80. The Labute approximate surface area is 183 Å². The molecular weight excluding hydrogens is 429 g/mol. The van der Waals surface area contributed by atoms with Crippen LogP contribution in [0.25, 0.3) is 11.3 Å². The maximum absolute atomic E-state index is 14.0. The van der Waals surface area contributed by atoms with Gasteiger partial charge < -0.3 is 19.7 Å². The molecule has 2 fully saturated rings. The third-order valence-corrected chi connectivity index (χ3v) is 5.88. The van der Waals surface area contributed by atoms with Gasteiger partial charge in [0, 0.05) is 30.6 Å². The predicted molar refractivity (Wildman–Crippen MR) is 110 cm³/mol. The normalized spacial score (nSPS) is 18.4. The lowest BCUT2D eigenvalue weighted by molar-refractivity contribution is -0.139. The van der Waals surface area contributed by atoms with Gasteiger partial charge in [-0.15, -0.1) is 0 Å². The molecule has 2 aliphatic heterocycles. The van der Waals surface area contributed by atoms with E-state index in [0.29, 0.717) is 48.1 Å². The van der Waals surface area contributed by atoms with Gasteiger partial charge in [-0.25, -0.2) is 9.37 Å². The van der Waals surface area contributed by atoms with Crippen LogP contribution in [0.2, 0.25) is 5.02 Å². The summed E-state index contributed by atoms with van der Waals surface area (Å²) in [5, 5.41) is 10.0. The van der Waals surface area contributed by atoms with Gasteiger partial charge in [-0.05, 0) is 18.9 Å². The van der Waals surface area contributed by atoms with Crippen LogP contribution in [0.15, 0.2) is 18.3 Å². The molecule has 4 rings (SSSR count). The Morgan fingerprint density at radius 3 is 2.77 bits per heavy atom. The molecule has 0 spiro atoms. The average molecular weight is 452 g/mol. The number of piperidine rings is 1. The summed E-state index contributed by atoms with van der Waals surface area (Å²) in [5.74, 6) is -0.260. The molecule has 2 amide bonds. The van der Waals surface area contributed by atoms with E-state index >= 15 is 0 Å². The Morgan fingerprint density at radius 1 is 1.39 bits per heavy atom. The topological polar surface area (TPSA) is 109 Å². The van der Waals surface area contributed by atoms with Crippen molar-refractivity contribution in [3.05, 3.63) is 29.0 Å². The van der Waals surface area contributed by atoms with Crippen molar-refractivity contribution >= 4 is 23.4 Å². The van der Waals surface area contributed by atoms with Crippen LogP contribution in [0.5, 0.6) is 5.88 Å². The number of ether oxygens (including phenoxy) is 2. The molecule has 0 aliphatic carbocycles. The average Bonchev–Trinajstić information content (AvgIpc) is 3.26. The Kier molecular flexibility index (Phi) is 6.10. The number of methoxy groups -OCH3 is 1. The summed E-state index contributed by atoms with van der Waals surface area (Å²) >= 11 is 6.21. The lowest BCUT2D eigenvalue weighted by atomic mass is 9.95. The van der Waals surface area contributed by atoms with Crippen LogP contribution >= 0.6 is 11.6 Å². The largest absolute Gasteiger partial charge is 0.481 e. The second kappa shape index (κ2) is 8.80. The zero-order valence-electron chi connectivity index (χ0n) is 17.0. The number of carbonyl (C=O) groups is 2. The molecule has 9 nitrogen and oxygen atoms in total. The molecule has 0 saturated carbocycles. The smallest absolute Gasteiger partial charge is 0.274 e. The summed E-state index contributed by atoms with van der Waals surface area (Å²) in [6, 6.07) is 3.29. The summed E-state index contributed by atoms with van der Waals surface area (Å²) in [6.07, 6.45) is 2.49. The highest BCUT2D eigenvalue weighted by Crippen LogP contribution is 2.29. The molecule has 0 bridgehead atoms. The lowest BCUT2D eigenvalue weighted by Gasteiger charge is -2.35. The number of amides is 2. The molecular formula is C20H23ClFN5O4. The van der Waals surface area contributed by atoms with Gasteiger partial charge in [0.05, 0.1) is 43.8 Å². The second-order valence-corrected chi connectivity index (χ2v) is 8.21. The fourth-order valence-corrected chi connectivity index (χ4v) is 3.83. The third-order valence-electron chi connectivity index (χ3n) is 5.58. The fraction of sp³-hybridized carbons (Fsp3) is 0.500. The maximum Gasteiger partial charge on any atom is 0.274 e. The van der Waals surface area contributed by atoms with Crippen LogP contribution < -0.4 is 10.1 Å². The third kappa shape index (κ3) is 4.64. The number of hydrogen-bond acceptors (Lipinski definition) is 6. The van der Waals surface area contributed by atoms with E-state index in [2.05, 4.69) is 20.5 Å². The fourth-order valence-electron chi connectivity index (χ4n) is 3.63. The van der Waals surface area contributed by atoms with E-state index in [-0.39, 0.29) is 43.2 Å². The molecule has 11 heteroatoms. The number of likely N-dealkylation sites (tertiary alicyclic amines) is 1. The Morgan fingerprint density at radius 2 is 2.13 bits per heavy atom. The molecule has 0 radical (unpaired) electrons. The SMILES string of the molecule is COc1cc(-c2cc(C(=O)N3CCC(C(=O)NCC4(F)COC4)CC3)n[nH]2)c(Cl)cn1. The highest BCUT2D eigenvalue weighted by molar-refractivity contribution is 6.33.